The second kappa shape index (κ2) is 5.88. The zero-order valence-corrected chi connectivity index (χ0v) is 15.1. The zero-order valence-electron chi connectivity index (χ0n) is 14.3. The van der Waals surface area contributed by atoms with Crippen molar-refractivity contribution in [3.8, 4) is 0 Å². The molecule has 0 aromatic heterocycles. The lowest BCUT2D eigenvalue weighted by atomic mass is 9.87. The number of ketones is 1. The molecule has 1 aromatic rings. The van der Waals surface area contributed by atoms with Crippen LogP contribution in [0.15, 0.2) is 50.5 Å². The lowest BCUT2D eigenvalue weighted by molar-refractivity contribution is -0.140. The van der Waals surface area contributed by atoms with Crippen molar-refractivity contribution in [3.05, 3.63) is 46.1 Å². The summed E-state index contributed by atoms with van der Waals surface area (Å²) in [5, 5.41) is 0.619. The Balaban J connectivity index is 1.94. The van der Waals surface area contributed by atoms with Crippen LogP contribution >= 0.6 is 11.8 Å². The number of benzene rings is 1. The Kier molecular flexibility index (Phi) is 3.80. The van der Waals surface area contributed by atoms with Gasteiger partial charge in [-0.25, -0.2) is 9.79 Å². The van der Waals surface area contributed by atoms with Gasteiger partial charge in [-0.1, -0.05) is 23.9 Å². The minimum absolute atomic E-state index is 0.151. The van der Waals surface area contributed by atoms with Gasteiger partial charge in [-0.05, 0) is 44.9 Å². The molecule has 0 aliphatic carbocycles. The van der Waals surface area contributed by atoms with E-state index >= 15 is 0 Å². The first-order chi connectivity index (χ1) is 12.0. The number of aliphatic imine (C=N–C) groups is 1. The third-order valence-electron chi connectivity index (χ3n) is 4.50. The average molecular weight is 354 g/mol. The number of anilines is 1. The summed E-state index contributed by atoms with van der Waals surface area (Å²) in [4.78, 5) is 33.2. The molecule has 0 spiro atoms. The van der Waals surface area contributed by atoms with Gasteiger partial charge in [-0.2, -0.15) is 0 Å². The number of aryl methyl sites for hydroxylation is 1. The van der Waals surface area contributed by atoms with Gasteiger partial charge in [0.1, 0.15) is 16.4 Å². The fourth-order valence-corrected chi connectivity index (χ4v) is 4.62. The maximum atomic E-state index is 13.0. The number of Topliss-reactive ketones (excluding diaryl/α,β-unsaturated/α-hetero) is 1. The summed E-state index contributed by atoms with van der Waals surface area (Å²) in [5.41, 5.74) is 3.15. The Labute approximate surface area is 150 Å². The zero-order chi connectivity index (χ0) is 17.7. The molecule has 128 valence electrons. The SMILES string of the molecule is CCOC(=O)C1=C2Sc3cc(C)ccc3N2C2=NC(C)=CCC2C1=O. The van der Waals surface area contributed by atoms with Crippen molar-refractivity contribution in [3.63, 3.8) is 0 Å². The van der Waals surface area contributed by atoms with Crippen LogP contribution in [-0.4, -0.2) is 24.2 Å². The highest BCUT2D eigenvalue weighted by atomic mass is 32.2. The normalized spacial score (nSPS) is 21.3. The van der Waals surface area contributed by atoms with Crippen LogP contribution in [0.1, 0.15) is 25.8 Å². The standard InChI is InChI=1S/C19H18N2O3S/c1-4-24-19(23)15-16(22)12-7-6-11(3)20-17(12)21-13-8-5-10(2)9-14(13)25-18(15)21/h5-6,8-9,12H,4,7H2,1-3H3. The van der Waals surface area contributed by atoms with Gasteiger partial charge in [0.15, 0.2) is 5.78 Å². The number of hydrogen-bond acceptors (Lipinski definition) is 6. The van der Waals surface area contributed by atoms with E-state index in [4.69, 9.17) is 4.74 Å². The number of allylic oxidation sites excluding steroid dienone is 2. The van der Waals surface area contributed by atoms with E-state index in [0.717, 1.165) is 21.8 Å². The van der Waals surface area contributed by atoms with E-state index in [2.05, 4.69) is 11.1 Å². The van der Waals surface area contributed by atoms with E-state index in [1.54, 1.807) is 6.92 Å². The Bertz CT molecular complexity index is 898. The second-order valence-corrected chi connectivity index (χ2v) is 7.31. The van der Waals surface area contributed by atoms with Crippen LogP contribution < -0.4 is 4.90 Å². The molecule has 6 heteroatoms. The predicted octanol–water partition coefficient (Wildman–Crippen LogP) is 3.59. The Morgan fingerprint density at radius 1 is 1.40 bits per heavy atom. The molecule has 1 atom stereocenters. The lowest BCUT2D eigenvalue weighted by Crippen LogP contribution is -2.46. The number of hydrogen-bond donors (Lipinski definition) is 0. The summed E-state index contributed by atoms with van der Waals surface area (Å²) < 4.78 is 5.17. The smallest absolute Gasteiger partial charge is 0.344 e. The van der Waals surface area contributed by atoms with E-state index < -0.39 is 11.9 Å². The molecule has 3 aliphatic rings. The van der Waals surface area contributed by atoms with E-state index in [0.29, 0.717) is 17.3 Å². The minimum atomic E-state index is -0.546. The Morgan fingerprint density at radius 3 is 2.96 bits per heavy atom. The molecule has 5 nitrogen and oxygen atoms in total. The molecule has 0 N–H and O–H groups in total. The van der Waals surface area contributed by atoms with Crippen molar-refractivity contribution in [1.29, 1.82) is 0 Å². The van der Waals surface area contributed by atoms with Crippen LogP contribution in [-0.2, 0) is 14.3 Å². The highest BCUT2D eigenvalue weighted by Crippen LogP contribution is 2.51. The first kappa shape index (κ1) is 16.1. The molecule has 1 unspecified atom stereocenters. The molecular formula is C19H18N2O3S. The topological polar surface area (TPSA) is 59.0 Å². The molecule has 0 saturated carbocycles. The van der Waals surface area contributed by atoms with Crippen LogP contribution in [0.25, 0.3) is 0 Å². The largest absolute Gasteiger partial charge is 0.462 e. The number of rotatable bonds is 2. The monoisotopic (exact) mass is 354 g/mol. The number of esters is 1. The van der Waals surface area contributed by atoms with Crippen molar-refractivity contribution in [2.75, 3.05) is 11.5 Å². The summed E-state index contributed by atoms with van der Waals surface area (Å²) in [6.45, 7) is 5.94. The molecule has 0 bridgehead atoms. The predicted molar refractivity (Wildman–Crippen MR) is 97.5 cm³/mol. The van der Waals surface area contributed by atoms with Crippen molar-refractivity contribution >= 4 is 35.0 Å². The molecule has 3 aliphatic heterocycles. The van der Waals surface area contributed by atoms with Crippen molar-refractivity contribution < 1.29 is 14.3 Å². The fourth-order valence-electron chi connectivity index (χ4n) is 3.34. The minimum Gasteiger partial charge on any atom is -0.462 e. The van der Waals surface area contributed by atoms with E-state index in [-0.39, 0.29) is 18.0 Å². The highest BCUT2D eigenvalue weighted by molar-refractivity contribution is 8.04. The summed E-state index contributed by atoms with van der Waals surface area (Å²) >= 11 is 1.44. The van der Waals surface area contributed by atoms with Gasteiger partial charge in [-0.3, -0.25) is 9.69 Å². The molecule has 0 radical (unpaired) electrons. The van der Waals surface area contributed by atoms with Gasteiger partial charge in [0.05, 0.1) is 18.2 Å². The molecule has 0 saturated heterocycles. The van der Waals surface area contributed by atoms with Crippen LogP contribution in [0.2, 0.25) is 0 Å². The van der Waals surface area contributed by atoms with E-state index in [1.165, 1.54) is 11.8 Å². The van der Waals surface area contributed by atoms with Crippen molar-refractivity contribution in [2.24, 2.45) is 10.9 Å². The first-order valence-electron chi connectivity index (χ1n) is 8.30. The van der Waals surface area contributed by atoms with Gasteiger partial charge < -0.3 is 4.74 Å². The molecular weight excluding hydrogens is 336 g/mol. The third-order valence-corrected chi connectivity index (χ3v) is 5.63. The van der Waals surface area contributed by atoms with Crippen LogP contribution in [0, 0.1) is 12.8 Å². The maximum absolute atomic E-state index is 13.0. The fraction of sp³-hybridized carbons (Fsp3) is 0.316. The second-order valence-electron chi connectivity index (χ2n) is 6.28. The molecule has 1 aromatic carbocycles. The summed E-state index contributed by atoms with van der Waals surface area (Å²) in [6, 6.07) is 6.13. The molecule has 4 rings (SSSR count). The quantitative estimate of drug-likeness (QED) is 0.600. The highest BCUT2D eigenvalue weighted by Gasteiger charge is 2.47. The lowest BCUT2D eigenvalue weighted by Gasteiger charge is -2.34. The number of ether oxygens (including phenoxy) is 1. The molecule has 3 heterocycles. The van der Waals surface area contributed by atoms with Crippen molar-refractivity contribution in [2.45, 2.75) is 32.1 Å². The number of amidine groups is 1. The Morgan fingerprint density at radius 2 is 2.20 bits per heavy atom. The number of nitrogens with zero attached hydrogens (tertiary/aromatic N) is 2. The van der Waals surface area contributed by atoms with Crippen LogP contribution in [0.4, 0.5) is 5.69 Å². The van der Waals surface area contributed by atoms with Gasteiger partial charge in [-0.15, -0.1) is 0 Å². The van der Waals surface area contributed by atoms with Gasteiger partial charge in [0, 0.05) is 10.6 Å². The van der Waals surface area contributed by atoms with Crippen LogP contribution in [0.5, 0.6) is 0 Å². The number of carbonyl (C=O) groups is 2. The first-order valence-corrected chi connectivity index (χ1v) is 9.12. The van der Waals surface area contributed by atoms with Gasteiger partial charge >= 0.3 is 5.97 Å². The third kappa shape index (κ3) is 2.43. The summed E-state index contributed by atoms with van der Waals surface area (Å²) in [5.74, 6) is -0.457. The Hall–Kier alpha value is -2.34. The summed E-state index contributed by atoms with van der Waals surface area (Å²) in [6.07, 6.45) is 2.50. The summed E-state index contributed by atoms with van der Waals surface area (Å²) in [7, 11) is 0. The van der Waals surface area contributed by atoms with Crippen molar-refractivity contribution in [1.82, 2.24) is 0 Å². The van der Waals surface area contributed by atoms with Crippen LogP contribution in [0.3, 0.4) is 0 Å². The number of thioether (sulfide) groups is 1. The van der Waals surface area contributed by atoms with Gasteiger partial charge in [0.2, 0.25) is 0 Å². The van der Waals surface area contributed by atoms with Gasteiger partial charge in [0.25, 0.3) is 0 Å². The number of carbonyl (C=O) groups excluding carboxylic acids is 2. The molecule has 25 heavy (non-hydrogen) atoms. The number of fused-ring (bicyclic) bond motifs is 5. The molecule has 0 amide bonds. The van der Waals surface area contributed by atoms with E-state index in [9.17, 15) is 9.59 Å². The maximum Gasteiger partial charge on any atom is 0.344 e. The molecule has 0 fully saturated rings. The van der Waals surface area contributed by atoms with E-state index in [1.807, 2.05) is 37.0 Å². The average Bonchev–Trinajstić information content (AvgIpc) is 2.93.